The van der Waals surface area contributed by atoms with Crippen molar-refractivity contribution in [3.8, 4) is 0 Å². The number of fused-ring (bicyclic) bond motifs is 2. The van der Waals surface area contributed by atoms with E-state index in [1.165, 1.54) is 23.1 Å². The van der Waals surface area contributed by atoms with E-state index in [0.717, 1.165) is 18.2 Å². The minimum Gasteiger partial charge on any atom is -0.366 e. The number of nitrogens with zero attached hydrogens (tertiary/aromatic N) is 4. The van der Waals surface area contributed by atoms with Crippen LogP contribution >= 0.6 is 0 Å². The fourth-order valence-electron chi connectivity index (χ4n) is 4.31. The van der Waals surface area contributed by atoms with Gasteiger partial charge in [0, 0.05) is 23.1 Å². The molecule has 3 heterocycles. The summed E-state index contributed by atoms with van der Waals surface area (Å²) < 4.78 is 94.8. The lowest BCUT2D eigenvalue weighted by atomic mass is 10.1. The number of H-pyrrole nitrogens is 1. The second-order valence-electron chi connectivity index (χ2n) is 8.44. The van der Waals surface area contributed by atoms with Crippen molar-refractivity contribution in [1.82, 2.24) is 20.2 Å². The van der Waals surface area contributed by atoms with Crippen molar-refractivity contribution in [3.63, 3.8) is 0 Å². The smallest absolute Gasteiger partial charge is 0.366 e. The van der Waals surface area contributed by atoms with Crippen molar-refractivity contribution in [2.24, 2.45) is 5.73 Å². The van der Waals surface area contributed by atoms with Crippen molar-refractivity contribution >= 4 is 28.6 Å². The predicted molar refractivity (Wildman–Crippen MR) is 120 cm³/mol. The molecule has 2 aromatic heterocycles. The van der Waals surface area contributed by atoms with Gasteiger partial charge in [0.15, 0.2) is 5.69 Å². The van der Waals surface area contributed by atoms with Gasteiger partial charge in [0.05, 0.1) is 35.4 Å². The Kier molecular flexibility index (Phi) is 5.87. The van der Waals surface area contributed by atoms with Crippen LogP contribution in [0.4, 0.5) is 42.5 Å². The van der Waals surface area contributed by atoms with Gasteiger partial charge in [-0.05, 0) is 24.3 Å². The third-order valence-electron chi connectivity index (χ3n) is 6.04. The summed E-state index contributed by atoms with van der Waals surface area (Å²) in [5.41, 5.74) is 2.55. The Hall–Kier alpha value is -4.43. The molecular weight excluding hydrogens is 523 g/mol. The molecule has 0 fully saturated rings. The van der Waals surface area contributed by atoms with Crippen LogP contribution in [0, 0.1) is 5.82 Å². The third-order valence-corrected chi connectivity index (χ3v) is 6.04. The van der Waals surface area contributed by atoms with Crippen molar-refractivity contribution in [1.29, 1.82) is 0 Å². The lowest BCUT2D eigenvalue weighted by Crippen LogP contribution is -2.21. The molecule has 8 nitrogen and oxygen atoms in total. The molecule has 0 aliphatic carbocycles. The molecule has 38 heavy (non-hydrogen) atoms. The molecule has 1 aliphatic heterocycles. The molecule has 0 radical (unpaired) electrons. The first-order chi connectivity index (χ1) is 17.8. The highest BCUT2D eigenvalue weighted by atomic mass is 19.4. The Labute approximate surface area is 208 Å². The van der Waals surface area contributed by atoms with Crippen molar-refractivity contribution in [2.45, 2.75) is 32.0 Å². The van der Waals surface area contributed by atoms with Crippen LogP contribution in [0.15, 0.2) is 36.4 Å². The number of halogens is 7. The summed E-state index contributed by atoms with van der Waals surface area (Å²) in [6.45, 7) is -1.02. The van der Waals surface area contributed by atoms with Gasteiger partial charge in [-0.3, -0.25) is 9.89 Å². The first-order valence-electron chi connectivity index (χ1n) is 10.9. The number of rotatable bonds is 5. The average molecular weight is 539 g/mol. The highest BCUT2D eigenvalue weighted by Gasteiger charge is 2.41. The van der Waals surface area contributed by atoms with E-state index in [0.29, 0.717) is 0 Å². The quantitative estimate of drug-likeness (QED) is 0.316. The molecule has 0 saturated heterocycles. The standard InChI is InChI=1S/C23H16F7N7O/c24-15-6-2-5-14(22(25,26)27)12(15)7-32-20-11-4-1-3-10(19(31)38)17(11)33-21(34-20)37-8-13-16(9-37)35-36-18(13)23(28,29)30/h1-6H,7-9H2,(H2,31,38)(H,35,36)(H,32,33,34). The second kappa shape index (κ2) is 8.85. The highest BCUT2D eigenvalue weighted by molar-refractivity contribution is 6.07. The maximum absolute atomic E-state index is 14.4. The van der Waals surface area contributed by atoms with E-state index >= 15 is 0 Å². The molecule has 1 amide bonds. The van der Waals surface area contributed by atoms with Gasteiger partial charge in [-0.15, -0.1) is 0 Å². The van der Waals surface area contributed by atoms with Crippen LogP contribution in [-0.2, 0) is 32.0 Å². The lowest BCUT2D eigenvalue weighted by Gasteiger charge is -2.20. The van der Waals surface area contributed by atoms with Crippen molar-refractivity contribution in [3.05, 3.63) is 75.9 Å². The van der Waals surface area contributed by atoms with Gasteiger partial charge < -0.3 is 16.0 Å². The van der Waals surface area contributed by atoms with Gasteiger partial charge in [-0.25, -0.2) is 9.37 Å². The van der Waals surface area contributed by atoms with Crippen LogP contribution in [0.2, 0.25) is 0 Å². The summed E-state index contributed by atoms with van der Waals surface area (Å²) in [5, 5.41) is 8.52. The monoisotopic (exact) mass is 539 g/mol. The number of amides is 1. The Morgan fingerprint density at radius 2 is 1.76 bits per heavy atom. The molecule has 0 saturated carbocycles. The number of carbonyl (C=O) groups excluding carboxylic acids is 1. The molecule has 2 aromatic carbocycles. The summed E-state index contributed by atoms with van der Waals surface area (Å²) in [7, 11) is 0. The Morgan fingerprint density at radius 1 is 1.03 bits per heavy atom. The zero-order valence-electron chi connectivity index (χ0n) is 19.0. The molecule has 0 unspecified atom stereocenters. The third kappa shape index (κ3) is 4.43. The van der Waals surface area contributed by atoms with E-state index < -0.39 is 47.4 Å². The van der Waals surface area contributed by atoms with Crippen LogP contribution in [0.25, 0.3) is 10.9 Å². The summed E-state index contributed by atoms with van der Waals surface area (Å²) in [4.78, 5) is 22.0. The number of nitrogens with two attached hydrogens (primary N) is 1. The zero-order chi connectivity index (χ0) is 27.4. The molecule has 0 bridgehead atoms. The molecule has 4 aromatic rings. The average Bonchev–Trinajstić information content (AvgIpc) is 3.42. The number of alkyl halides is 6. The lowest BCUT2D eigenvalue weighted by molar-refractivity contribution is -0.141. The number of nitrogens with one attached hydrogen (secondary N) is 2. The van der Waals surface area contributed by atoms with Gasteiger partial charge >= 0.3 is 12.4 Å². The topological polar surface area (TPSA) is 113 Å². The van der Waals surface area contributed by atoms with Gasteiger partial charge in [0.25, 0.3) is 5.91 Å². The van der Waals surface area contributed by atoms with Gasteiger partial charge in [0.2, 0.25) is 5.95 Å². The Bertz CT molecular complexity index is 1560. The molecule has 15 heteroatoms. The molecule has 5 rings (SSSR count). The molecular formula is C23H16F7N7O. The van der Waals surface area contributed by atoms with Gasteiger partial charge in [-0.2, -0.15) is 36.4 Å². The molecule has 198 valence electrons. The largest absolute Gasteiger partial charge is 0.435 e. The number of anilines is 2. The highest BCUT2D eigenvalue weighted by Crippen LogP contribution is 2.38. The fraction of sp³-hybridized carbons (Fsp3) is 0.217. The SMILES string of the molecule is NC(=O)c1cccc2c(NCc3c(F)cccc3C(F)(F)F)nc(N3Cc4[nH]nc(C(F)(F)F)c4C3)nc12. The van der Waals surface area contributed by atoms with Crippen molar-refractivity contribution < 1.29 is 35.5 Å². The van der Waals surface area contributed by atoms with Crippen LogP contribution < -0.4 is 16.0 Å². The summed E-state index contributed by atoms with van der Waals surface area (Å²) in [5.74, 6) is -2.17. The van der Waals surface area contributed by atoms with E-state index in [2.05, 4.69) is 25.5 Å². The van der Waals surface area contributed by atoms with E-state index in [-0.39, 0.29) is 52.6 Å². The second-order valence-corrected chi connectivity index (χ2v) is 8.44. The maximum atomic E-state index is 14.4. The predicted octanol–water partition coefficient (Wildman–Crippen LogP) is 4.76. The van der Waals surface area contributed by atoms with E-state index in [9.17, 15) is 35.5 Å². The van der Waals surface area contributed by atoms with E-state index in [1.807, 2.05) is 0 Å². The number of primary amides is 1. The zero-order valence-corrected chi connectivity index (χ0v) is 19.0. The fourth-order valence-corrected chi connectivity index (χ4v) is 4.31. The minimum atomic E-state index is -4.83. The maximum Gasteiger partial charge on any atom is 0.435 e. The number of para-hydroxylation sites is 1. The van der Waals surface area contributed by atoms with E-state index in [1.54, 1.807) is 0 Å². The number of aromatic amines is 1. The number of benzene rings is 2. The first-order valence-corrected chi connectivity index (χ1v) is 10.9. The Morgan fingerprint density at radius 3 is 2.45 bits per heavy atom. The summed E-state index contributed by atoms with van der Waals surface area (Å²) >= 11 is 0. The normalized spacial score (nSPS) is 13.7. The number of carbonyl (C=O) groups is 1. The molecule has 0 atom stereocenters. The van der Waals surface area contributed by atoms with Crippen LogP contribution in [0.1, 0.15) is 38.4 Å². The Balaban J connectivity index is 1.57. The van der Waals surface area contributed by atoms with Gasteiger partial charge in [0.1, 0.15) is 11.6 Å². The van der Waals surface area contributed by atoms with Gasteiger partial charge in [-0.1, -0.05) is 12.1 Å². The van der Waals surface area contributed by atoms with Crippen LogP contribution in [0.3, 0.4) is 0 Å². The number of aromatic nitrogens is 4. The minimum absolute atomic E-state index is 0.0156. The number of hydrogen-bond acceptors (Lipinski definition) is 6. The van der Waals surface area contributed by atoms with Crippen LogP contribution in [-0.4, -0.2) is 26.1 Å². The first kappa shape index (κ1) is 25.2. The number of hydrogen-bond donors (Lipinski definition) is 3. The molecule has 1 aliphatic rings. The van der Waals surface area contributed by atoms with Crippen LogP contribution in [0.5, 0.6) is 0 Å². The van der Waals surface area contributed by atoms with E-state index in [4.69, 9.17) is 5.73 Å². The summed E-state index contributed by atoms with van der Waals surface area (Å²) in [6, 6.07) is 6.83. The summed E-state index contributed by atoms with van der Waals surface area (Å²) in [6.07, 6.45) is -9.53. The molecule has 4 N–H and O–H groups in total. The van der Waals surface area contributed by atoms with Crippen molar-refractivity contribution in [2.75, 3.05) is 10.2 Å². The molecule has 0 spiro atoms.